The minimum atomic E-state index is 0.390. The Bertz CT molecular complexity index is 333. The molecule has 1 aromatic rings. The first kappa shape index (κ1) is 14.0. The molecule has 0 fully saturated rings. The fourth-order valence-electron chi connectivity index (χ4n) is 2.05. The van der Waals surface area contributed by atoms with Gasteiger partial charge in [0.25, 0.3) is 0 Å². The molecule has 1 unspecified atom stereocenters. The fraction of sp³-hybridized carbons (Fsp3) is 0.571. The van der Waals surface area contributed by atoms with Gasteiger partial charge in [0.15, 0.2) is 0 Å². The van der Waals surface area contributed by atoms with Gasteiger partial charge in [-0.3, -0.25) is 0 Å². The van der Waals surface area contributed by atoms with E-state index in [1.54, 1.807) is 14.2 Å². The molecule has 3 nitrogen and oxygen atoms in total. The highest BCUT2D eigenvalue weighted by molar-refractivity contribution is 5.38. The summed E-state index contributed by atoms with van der Waals surface area (Å²) in [4.78, 5) is 0. The van der Waals surface area contributed by atoms with Gasteiger partial charge in [0.2, 0.25) is 0 Å². The smallest absolute Gasteiger partial charge is 0.122 e. The lowest BCUT2D eigenvalue weighted by molar-refractivity contribution is 0.178. The molecule has 0 aliphatic rings. The number of nitrogens with one attached hydrogen (secondary N) is 1. The third-order valence-corrected chi connectivity index (χ3v) is 2.98. The van der Waals surface area contributed by atoms with Crippen LogP contribution in [-0.2, 0) is 11.2 Å². The summed E-state index contributed by atoms with van der Waals surface area (Å²) in [5, 5.41) is 3.21. The van der Waals surface area contributed by atoms with Gasteiger partial charge in [-0.15, -0.1) is 0 Å². The van der Waals surface area contributed by atoms with Gasteiger partial charge in [0.05, 0.1) is 13.7 Å². The van der Waals surface area contributed by atoms with E-state index in [1.165, 1.54) is 11.1 Å². The molecule has 3 heteroatoms. The normalized spacial score (nSPS) is 12.5. The maximum Gasteiger partial charge on any atom is 0.122 e. The molecule has 0 bridgehead atoms. The predicted molar refractivity (Wildman–Crippen MR) is 70.9 cm³/mol. The third-order valence-electron chi connectivity index (χ3n) is 2.98. The molecular weight excluding hydrogens is 214 g/mol. The molecule has 0 spiro atoms. The number of aryl methyl sites for hydroxylation is 1. The van der Waals surface area contributed by atoms with Crippen molar-refractivity contribution >= 4 is 0 Å². The second-order valence-corrected chi connectivity index (χ2v) is 4.13. The Morgan fingerprint density at radius 2 is 2.06 bits per heavy atom. The first-order chi connectivity index (χ1) is 8.26. The van der Waals surface area contributed by atoms with Gasteiger partial charge >= 0.3 is 0 Å². The Morgan fingerprint density at radius 3 is 2.59 bits per heavy atom. The molecule has 1 atom stereocenters. The largest absolute Gasteiger partial charge is 0.496 e. The molecule has 0 aromatic heterocycles. The van der Waals surface area contributed by atoms with E-state index in [0.29, 0.717) is 5.92 Å². The van der Waals surface area contributed by atoms with Crippen LogP contribution in [0.3, 0.4) is 0 Å². The number of benzene rings is 1. The van der Waals surface area contributed by atoms with Crippen LogP contribution in [0.1, 0.15) is 24.0 Å². The predicted octanol–water partition coefficient (Wildman–Crippen LogP) is 2.21. The molecular formula is C14H23NO2. The van der Waals surface area contributed by atoms with Gasteiger partial charge in [0, 0.05) is 19.6 Å². The molecule has 0 aliphatic heterocycles. The van der Waals surface area contributed by atoms with Crippen molar-refractivity contribution in [2.75, 3.05) is 34.4 Å². The first-order valence-corrected chi connectivity index (χ1v) is 6.07. The van der Waals surface area contributed by atoms with Gasteiger partial charge in [-0.2, -0.15) is 0 Å². The molecule has 17 heavy (non-hydrogen) atoms. The Kier molecular flexibility index (Phi) is 6.01. The van der Waals surface area contributed by atoms with E-state index in [1.807, 2.05) is 13.1 Å². The quantitative estimate of drug-likeness (QED) is 0.788. The minimum absolute atomic E-state index is 0.390. The summed E-state index contributed by atoms with van der Waals surface area (Å²) in [7, 11) is 5.42. The van der Waals surface area contributed by atoms with Crippen molar-refractivity contribution in [1.29, 1.82) is 0 Å². The molecule has 0 heterocycles. The van der Waals surface area contributed by atoms with E-state index in [9.17, 15) is 0 Å². The van der Waals surface area contributed by atoms with Crippen LogP contribution in [0.5, 0.6) is 5.75 Å². The summed E-state index contributed by atoms with van der Waals surface area (Å²) in [6.07, 6.45) is 0.982. The van der Waals surface area contributed by atoms with Crippen LogP contribution < -0.4 is 10.1 Å². The Balaban J connectivity index is 2.94. The van der Waals surface area contributed by atoms with Gasteiger partial charge < -0.3 is 14.8 Å². The van der Waals surface area contributed by atoms with Gasteiger partial charge in [0.1, 0.15) is 5.75 Å². The summed E-state index contributed by atoms with van der Waals surface area (Å²) in [5.41, 5.74) is 2.56. The van der Waals surface area contributed by atoms with E-state index in [4.69, 9.17) is 9.47 Å². The number of hydrogen-bond acceptors (Lipinski definition) is 3. The van der Waals surface area contributed by atoms with E-state index < -0.39 is 0 Å². The SMILES string of the molecule is CCc1cc(C(CNC)COC)ccc1OC. The Labute approximate surface area is 104 Å². The molecule has 0 amide bonds. The fourth-order valence-corrected chi connectivity index (χ4v) is 2.05. The van der Waals surface area contributed by atoms with Crippen molar-refractivity contribution in [3.05, 3.63) is 29.3 Å². The highest BCUT2D eigenvalue weighted by atomic mass is 16.5. The van der Waals surface area contributed by atoms with Crippen molar-refractivity contribution in [2.45, 2.75) is 19.3 Å². The maximum absolute atomic E-state index is 5.34. The van der Waals surface area contributed by atoms with Crippen molar-refractivity contribution in [3.8, 4) is 5.75 Å². The van der Waals surface area contributed by atoms with Crippen LogP contribution in [0.25, 0.3) is 0 Å². The van der Waals surface area contributed by atoms with Gasteiger partial charge in [-0.05, 0) is 30.7 Å². The van der Waals surface area contributed by atoms with Crippen LogP contribution in [-0.4, -0.2) is 34.4 Å². The zero-order chi connectivity index (χ0) is 12.7. The van der Waals surface area contributed by atoms with E-state index >= 15 is 0 Å². The molecule has 1 aromatic carbocycles. The lowest BCUT2D eigenvalue weighted by atomic mass is 9.96. The zero-order valence-electron chi connectivity index (χ0n) is 11.2. The van der Waals surface area contributed by atoms with Crippen LogP contribution in [0.4, 0.5) is 0 Å². The zero-order valence-corrected chi connectivity index (χ0v) is 11.2. The summed E-state index contributed by atoms with van der Waals surface area (Å²) in [5.74, 6) is 1.36. The third kappa shape index (κ3) is 3.72. The number of ether oxygens (including phenoxy) is 2. The monoisotopic (exact) mass is 237 g/mol. The van der Waals surface area contributed by atoms with Crippen LogP contribution in [0, 0.1) is 0 Å². The van der Waals surface area contributed by atoms with Crippen LogP contribution in [0.2, 0.25) is 0 Å². The van der Waals surface area contributed by atoms with Crippen LogP contribution in [0.15, 0.2) is 18.2 Å². The van der Waals surface area contributed by atoms with E-state index in [-0.39, 0.29) is 0 Å². The Morgan fingerprint density at radius 1 is 1.29 bits per heavy atom. The van der Waals surface area contributed by atoms with Crippen molar-refractivity contribution in [3.63, 3.8) is 0 Å². The molecule has 0 saturated heterocycles. The second-order valence-electron chi connectivity index (χ2n) is 4.13. The second kappa shape index (κ2) is 7.30. The lowest BCUT2D eigenvalue weighted by Crippen LogP contribution is -2.21. The van der Waals surface area contributed by atoms with Crippen LogP contribution >= 0.6 is 0 Å². The van der Waals surface area contributed by atoms with Crippen molar-refractivity contribution < 1.29 is 9.47 Å². The highest BCUT2D eigenvalue weighted by Gasteiger charge is 2.12. The van der Waals surface area contributed by atoms with Crippen molar-refractivity contribution in [1.82, 2.24) is 5.32 Å². The average Bonchev–Trinajstić information content (AvgIpc) is 2.37. The van der Waals surface area contributed by atoms with E-state index in [2.05, 4.69) is 24.4 Å². The Hall–Kier alpha value is -1.06. The molecule has 1 rings (SSSR count). The molecule has 0 saturated carbocycles. The maximum atomic E-state index is 5.34. The van der Waals surface area contributed by atoms with Gasteiger partial charge in [-0.25, -0.2) is 0 Å². The lowest BCUT2D eigenvalue weighted by Gasteiger charge is -2.18. The number of likely N-dealkylation sites (N-methyl/N-ethyl adjacent to an activating group) is 1. The topological polar surface area (TPSA) is 30.5 Å². The first-order valence-electron chi connectivity index (χ1n) is 6.07. The molecule has 0 aliphatic carbocycles. The number of methoxy groups -OCH3 is 2. The average molecular weight is 237 g/mol. The number of hydrogen-bond donors (Lipinski definition) is 1. The molecule has 0 radical (unpaired) electrons. The standard InChI is InChI=1S/C14H23NO2/c1-5-11-8-12(6-7-14(11)17-4)13(9-15-2)10-16-3/h6-8,13,15H,5,9-10H2,1-4H3. The highest BCUT2D eigenvalue weighted by Crippen LogP contribution is 2.24. The summed E-state index contributed by atoms with van der Waals surface area (Å²) in [6.45, 7) is 3.80. The molecule has 1 N–H and O–H groups in total. The minimum Gasteiger partial charge on any atom is -0.496 e. The molecule has 96 valence electrons. The van der Waals surface area contributed by atoms with E-state index in [0.717, 1.165) is 25.3 Å². The van der Waals surface area contributed by atoms with Crippen molar-refractivity contribution in [2.24, 2.45) is 0 Å². The van der Waals surface area contributed by atoms with Gasteiger partial charge in [-0.1, -0.05) is 19.1 Å². The summed E-state index contributed by atoms with van der Waals surface area (Å²) >= 11 is 0. The summed E-state index contributed by atoms with van der Waals surface area (Å²) < 4.78 is 10.6. The number of rotatable bonds is 7. The summed E-state index contributed by atoms with van der Waals surface area (Å²) in [6, 6.07) is 6.39.